The van der Waals surface area contributed by atoms with E-state index in [-0.39, 0.29) is 23.6 Å². The minimum atomic E-state index is -0.924. The van der Waals surface area contributed by atoms with Crippen LogP contribution in [0.3, 0.4) is 0 Å². The van der Waals surface area contributed by atoms with Crippen LogP contribution in [0.1, 0.15) is 50.8 Å². The standard InChI is InChI=1S/C26H33N3O4S/c1-26(2,3)33-25(32)28-21(17-34)24(31)29(20-14-15-20)22(19-12-8-5-9-13-19)23(30)27-16-18-10-6-4-7-11-18/h4-13,20-22,34H,14-17H2,1-3H3,(H,27,30)(H,28,32). The number of alkyl carbamates (subject to hydrolysis) is 1. The SMILES string of the molecule is CC(C)(C)OC(=O)NC(CS)C(=O)N(C1CC1)C(C(=O)NCc1ccccc1)c1ccccc1. The highest BCUT2D eigenvalue weighted by Crippen LogP contribution is 2.35. The summed E-state index contributed by atoms with van der Waals surface area (Å²) >= 11 is 4.30. The molecule has 2 N–H and O–H groups in total. The summed E-state index contributed by atoms with van der Waals surface area (Å²) in [5.41, 5.74) is 0.976. The maximum Gasteiger partial charge on any atom is 0.408 e. The molecule has 1 aliphatic carbocycles. The van der Waals surface area contributed by atoms with E-state index >= 15 is 0 Å². The van der Waals surface area contributed by atoms with Crippen LogP contribution in [0, 0.1) is 0 Å². The first-order valence-corrected chi connectivity index (χ1v) is 12.1. The number of ether oxygens (including phenoxy) is 1. The summed E-state index contributed by atoms with van der Waals surface area (Å²) in [7, 11) is 0. The second-order valence-electron chi connectivity index (χ2n) is 9.37. The number of rotatable bonds is 9. The molecule has 3 rings (SSSR count). The molecule has 0 bridgehead atoms. The van der Waals surface area contributed by atoms with E-state index in [1.807, 2.05) is 60.7 Å². The molecule has 0 spiro atoms. The molecule has 1 saturated carbocycles. The summed E-state index contributed by atoms with van der Waals surface area (Å²) in [5, 5.41) is 5.61. The van der Waals surface area contributed by atoms with Gasteiger partial charge in [0, 0.05) is 18.3 Å². The second-order valence-corrected chi connectivity index (χ2v) is 9.74. The third-order valence-electron chi connectivity index (χ3n) is 5.32. The highest BCUT2D eigenvalue weighted by atomic mass is 32.1. The molecule has 0 saturated heterocycles. The largest absolute Gasteiger partial charge is 0.444 e. The van der Waals surface area contributed by atoms with Crippen molar-refractivity contribution >= 4 is 30.5 Å². The fraction of sp³-hybridized carbons (Fsp3) is 0.423. The number of benzene rings is 2. The lowest BCUT2D eigenvalue weighted by Gasteiger charge is -2.34. The predicted molar refractivity (Wildman–Crippen MR) is 134 cm³/mol. The summed E-state index contributed by atoms with van der Waals surface area (Å²) in [6.45, 7) is 5.61. The van der Waals surface area contributed by atoms with Crippen molar-refractivity contribution in [2.75, 3.05) is 5.75 Å². The first-order chi connectivity index (χ1) is 16.2. The van der Waals surface area contributed by atoms with Crippen LogP contribution in [0.15, 0.2) is 60.7 Å². The van der Waals surface area contributed by atoms with Crippen molar-refractivity contribution in [2.24, 2.45) is 0 Å². The molecule has 0 heterocycles. The summed E-state index contributed by atoms with van der Waals surface area (Å²) in [6, 6.07) is 17.0. The van der Waals surface area contributed by atoms with Gasteiger partial charge in [0.05, 0.1) is 0 Å². The van der Waals surface area contributed by atoms with Crippen LogP contribution in [0.25, 0.3) is 0 Å². The third kappa shape index (κ3) is 7.25. The number of carbonyl (C=O) groups is 3. The molecule has 0 aliphatic heterocycles. The molecule has 34 heavy (non-hydrogen) atoms. The Bertz CT molecular complexity index is 975. The monoisotopic (exact) mass is 483 g/mol. The molecule has 182 valence electrons. The van der Waals surface area contributed by atoms with Gasteiger partial charge in [-0.05, 0) is 44.7 Å². The van der Waals surface area contributed by atoms with Crippen LogP contribution in [0.2, 0.25) is 0 Å². The lowest BCUT2D eigenvalue weighted by molar-refractivity contribution is -0.142. The van der Waals surface area contributed by atoms with Gasteiger partial charge in [0.25, 0.3) is 0 Å². The Morgan fingerprint density at radius 1 is 1.03 bits per heavy atom. The van der Waals surface area contributed by atoms with Gasteiger partial charge in [-0.3, -0.25) is 9.59 Å². The topological polar surface area (TPSA) is 87.7 Å². The highest BCUT2D eigenvalue weighted by Gasteiger charge is 2.43. The zero-order valence-electron chi connectivity index (χ0n) is 19.9. The van der Waals surface area contributed by atoms with Crippen LogP contribution >= 0.6 is 12.6 Å². The molecule has 8 heteroatoms. The van der Waals surface area contributed by atoms with Gasteiger partial charge in [-0.15, -0.1) is 0 Å². The summed E-state index contributed by atoms with van der Waals surface area (Å²) in [5.74, 6) is -0.549. The van der Waals surface area contributed by atoms with E-state index in [1.165, 1.54) is 0 Å². The molecule has 2 atom stereocenters. The Morgan fingerprint density at radius 3 is 2.15 bits per heavy atom. The molecule has 0 radical (unpaired) electrons. The van der Waals surface area contributed by atoms with Crippen LogP contribution in [-0.2, 0) is 20.9 Å². The predicted octanol–water partition coefficient (Wildman–Crippen LogP) is 3.86. The van der Waals surface area contributed by atoms with E-state index in [0.717, 1.165) is 18.4 Å². The zero-order valence-corrected chi connectivity index (χ0v) is 20.8. The number of amides is 3. The first-order valence-electron chi connectivity index (χ1n) is 11.5. The normalized spacial score (nSPS) is 15.1. The van der Waals surface area contributed by atoms with Crippen LogP contribution in [0.4, 0.5) is 4.79 Å². The van der Waals surface area contributed by atoms with Crippen molar-refractivity contribution < 1.29 is 19.1 Å². The van der Waals surface area contributed by atoms with Crippen molar-refractivity contribution in [3.05, 3.63) is 71.8 Å². The number of nitrogens with one attached hydrogen (secondary N) is 2. The maximum absolute atomic E-state index is 13.7. The van der Waals surface area contributed by atoms with E-state index in [4.69, 9.17) is 4.74 Å². The Hall–Kier alpha value is -3.00. The molecule has 0 aromatic heterocycles. The Morgan fingerprint density at radius 2 is 1.62 bits per heavy atom. The first kappa shape index (κ1) is 25.6. The van der Waals surface area contributed by atoms with E-state index in [9.17, 15) is 14.4 Å². The quantitative estimate of drug-likeness (QED) is 0.473. The average Bonchev–Trinajstić information content (AvgIpc) is 3.64. The van der Waals surface area contributed by atoms with Crippen molar-refractivity contribution in [2.45, 2.75) is 63.9 Å². The molecule has 1 fully saturated rings. The molecule has 2 unspecified atom stereocenters. The molecular formula is C26H33N3O4S. The number of hydrogen-bond acceptors (Lipinski definition) is 5. The highest BCUT2D eigenvalue weighted by molar-refractivity contribution is 7.80. The van der Waals surface area contributed by atoms with Gasteiger partial charge in [-0.1, -0.05) is 60.7 Å². The van der Waals surface area contributed by atoms with Gasteiger partial charge in [0.1, 0.15) is 17.7 Å². The molecule has 7 nitrogen and oxygen atoms in total. The average molecular weight is 484 g/mol. The van der Waals surface area contributed by atoms with Crippen molar-refractivity contribution in [1.29, 1.82) is 0 Å². The van der Waals surface area contributed by atoms with Gasteiger partial charge < -0.3 is 20.3 Å². The van der Waals surface area contributed by atoms with Crippen LogP contribution < -0.4 is 10.6 Å². The zero-order chi connectivity index (χ0) is 24.7. The molecule has 2 aromatic carbocycles. The minimum absolute atomic E-state index is 0.0778. The molecule has 1 aliphatic rings. The van der Waals surface area contributed by atoms with E-state index in [2.05, 4.69) is 23.3 Å². The van der Waals surface area contributed by atoms with Gasteiger partial charge >= 0.3 is 6.09 Å². The van der Waals surface area contributed by atoms with Crippen molar-refractivity contribution in [3.63, 3.8) is 0 Å². The van der Waals surface area contributed by atoms with Gasteiger partial charge in [0.2, 0.25) is 11.8 Å². The van der Waals surface area contributed by atoms with Crippen LogP contribution in [0.5, 0.6) is 0 Å². The fourth-order valence-electron chi connectivity index (χ4n) is 3.64. The van der Waals surface area contributed by atoms with E-state index < -0.39 is 23.8 Å². The van der Waals surface area contributed by atoms with E-state index in [1.54, 1.807) is 25.7 Å². The minimum Gasteiger partial charge on any atom is -0.444 e. The third-order valence-corrected chi connectivity index (χ3v) is 5.68. The summed E-state index contributed by atoms with van der Waals surface area (Å²) < 4.78 is 5.32. The fourth-order valence-corrected chi connectivity index (χ4v) is 3.89. The summed E-state index contributed by atoms with van der Waals surface area (Å²) in [4.78, 5) is 41.1. The molecule has 2 aromatic rings. The smallest absolute Gasteiger partial charge is 0.408 e. The maximum atomic E-state index is 13.7. The van der Waals surface area contributed by atoms with Gasteiger partial charge in [-0.25, -0.2) is 4.79 Å². The Labute approximate surface area is 206 Å². The number of carbonyl (C=O) groups excluding carboxylic acids is 3. The second kappa shape index (κ2) is 11.4. The van der Waals surface area contributed by atoms with Gasteiger partial charge in [0.15, 0.2) is 0 Å². The number of hydrogen-bond donors (Lipinski definition) is 3. The van der Waals surface area contributed by atoms with Crippen molar-refractivity contribution in [1.82, 2.24) is 15.5 Å². The Balaban J connectivity index is 1.84. The molecular weight excluding hydrogens is 450 g/mol. The lowest BCUT2D eigenvalue weighted by atomic mass is 10.0. The van der Waals surface area contributed by atoms with Crippen molar-refractivity contribution in [3.8, 4) is 0 Å². The lowest BCUT2D eigenvalue weighted by Crippen LogP contribution is -2.54. The molecule has 3 amide bonds. The Kier molecular flexibility index (Phi) is 8.61. The number of thiol groups is 1. The van der Waals surface area contributed by atoms with E-state index in [0.29, 0.717) is 12.1 Å². The van der Waals surface area contributed by atoms with Crippen LogP contribution in [-0.4, -0.2) is 46.2 Å². The number of nitrogens with zero attached hydrogens (tertiary/aromatic N) is 1. The summed E-state index contributed by atoms with van der Waals surface area (Å²) in [6.07, 6.45) is 0.903. The van der Waals surface area contributed by atoms with Gasteiger partial charge in [-0.2, -0.15) is 12.6 Å².